The van der Waals surface area contributed by atoms with Crippen LogP contribution in [0.15, 0.2) is 53.2 Å². The van der Waals surface area contributed by atoms with E-state index in [-0.39, 0.29) is 17.6 Å². The van der Waals surface area contributed by atoms with E-state index in [1.165, 1.54) is 36.7 Å². The highest BCUT2D eigenvalue weighted by atomic mass is 19.1. The van der Waals surface area contributed by atoms with Gasteiger partial charge in [0.1, 0.15) is 5.82 Å². The van der Waals surface area contributed by atoms with Crippen molar-refractivity contribution in [2.75, 3.05) is 0 Å². The number of carbonyl (C=O) groups is 1. The molecule has 2 aromatic heterocycles. The minimum atomic E-state index is -0.711. The zero-order valence-electron chi connectivity index (χ0n) is 12.1. The molecule has 0 aliphatic heterocycles. The molecule has 7 heteroatoms. The molecule has 0 saturated carbocycles. The maximum atomic E-state index is 12.9. The standard InChI is InChI=1S/C16H12FN3O3/c1-10(22-16(21)12-6-8-18-9-7-12)14-19-20-15(23-14)11-2-4-13(17)5-3-11/h2-10H,1H3/t10-/m0/s1. The fourth-order valence-electron chi connectivity index (χ4n) is 1.87. The van der Waals surface area contributed by atoms with Crippen LogP contribution in [0.1, 0.15) is 29.3 Å². The molecule has 1 atom stereocenters. The topological polar surface area (TPSA) is 78.1 Å². The number of hydrogen-bond acceptors (Lipinski definition) is 6. The molecule has 0 aliphatic carbocycles. The lowest BCUT2D eigenvalue weighted by atomic mass is 10.2. The van der Waals surface area contributed by atoms with Crippen molar-refractivity contribution in [1.29, 1.82) is 0 Å². The van der Waals surface area contributed by atoms with Crippen molar-refractivity contribution in [2.24, 2.45) is 0 Å². The first kappa shape index (κ1) is 14.8. The normalized spacial score (nSPS) is 11.9. The predicted octanol–water partition coefficient (Wildman–Crippen LogP) is 3.19. The summed E-state index contributed by atoms with van der Waals surface area (Å²) in [5.41, 5.74) is 0.961. The smallest absolute Gasteiger partial charge is 0.339 e. The number of esters is 1. The number of benzene rings is 1. The van der Waals surface area contributed by atoms with E-state index in [4.69, 9.17) is 9.15 Å². The summed E-state index contributed by atoms with van der Waals surface area (Å²) in [5, 5.41) is 7.74. The van der Waals surface area contributed by atoms with Gasteiger partial charge < -0.3 is 9.15 Å². The van der Waals surface area contributed by atoms with Crippen molar-refractivity contribution < 1.29 is 18.3 Å². The first-order chi connectivity index (χ1) is 11.1. The second kappa shape index (κ2) is 6.35. The molecule has 0 fully saturated rings. The van der Waals surface area contributed by atoms with E-state index in [9.17, 15) is 9.18 Å². The Morgan fingerprint density at radius 2 is 1.83 bits per heavy atom. The van der Waals surface area contributed by atoms with Crippen molar-refractivity contribution in [3.63, 3.8) is 0 Å². The first-order valence-electron chi connectivity index (χ1n) is 6.84. The zero-order chi connectivity index (χ0) is 16.2. The number of hydrogen-bond donors (Lipinski definition) is 0. The Kier molecular flexibility index (Phi) is 4.09. The molecule has 0 radical (unpaired) electrons. The van der Waals surface area contributed by atoms with Crippen molar-refractivity contribution >= 4 is 5.97 Å². The fraction of sp³-hybridized carbons (Fsp3) is 0.125. The molecule has 0 bridgehead atoms. The summed E-state index contributed by atoms with van der Waals surface area (Å²) in [6, 6.07) is 8.75. The molecule has 0 spiro atoms. The quantitative estimate of drug-likeness (QED) is 0.688. The third-order valence-corrected chi connectivity index (χ3v) is 3.08. The number of halogens is 1. The molecule has 1 aromatic carbocycles. The summed E-state index contributed by atoms with van der Waals surface area (Å²) in [6.45, 7) is 1.63. The van der Waals surface area contributed by atoms with Gasteiger partial charge in [0.05, 0.1) is 5.56 Å². The van der Waals surface area contributed by atoms with Crippen LogP contribution in [0, 0.1) is 5.82 Å². The van der Waals surface area contributed by atoms with E-state index in [0.717, 1.165) is 0 Å². The van der Waals surface area contributed by atoms with Gasteiger partial charge in [-0.2, -0.15) is 0 Å². The van der Waals surface area contributed by atoms with Gasteiger partial charge in [0.2, 0.25) is 5.89 Å². The van der Waals surface area contributed by atoms with Gasteiger partial charge in [0, 0.05) is 18.0 Å². The lowest BCUT2D eigenvalue weighted by Crippen LogP contribution is -2.09. The minimum absolute atomic E-state index is 0.159. The maximum absolute atomic E-state index is 12.9. The van der Waals surface area contributed by atoms with Gasteiger partial charge in [0.25, 0.3) is 5.89 Å². The Hall–Kier alpha value is -3.09. The number of pyridine rings is 1. The highest BCUT2D eigenvalue weighted by Gasteiger charge is 2.19. The number of nitrogens with zero attached hydrogens (tertiary/aromatic N) is 3. The number of ether oxygens (including phenoxy) is 1. The van der Waals surface area contributed by atoms with Crippen LogP contribution in [-0.4, -0.2) is 21.2 Å². The van der Waals surface area contributed by atoms with Gasteiger partial charge in [-0.25, -0.2) is 9.18 Å². The second-order valence-electron chi connectivity index (χ2n) is 4.74. The van der Waals surface area contributed by atoms with Crippen LogP contribution >= 0.6 is 0 Å². The van der Waals surface area contributed by atoms with Gasteiger partial charge in [-0.15, -0.1) is 10.2 Å². The Balaban J connectivity index is 1.72. The van der Waals surface area contributed by atoms with E-state index >= 15 is 0 Å². The summed E-state index contributed by atoms with van der Waals surface area (Å²) in [6.07, 6.45) is 2.29. The minimum Gasteiger partial charge on any atom is -0.449 e. The molecule has 0 unspecified atom stereocenters. The number of aromatic nitrogens is 3. The zero-order valence-corrected chi connectivity index (χ0v) is 12.1. The van der Waals surface area contributed by atoms with Gasteiger partial charge in [-0.3, -0.25) is 4.98 Å². The third kappa shape index (κ3) is 3.39. The Labute approximate surface area is 131 Å². The lowest BCUT2D eigenvalue weighted by molar-refractivity contribution is 0.0279. The highest BCUT2D eigenvalue weighted by molar-refractivity contribution is 5.89. The van der Waals surface area contributed by atoms with Crippen LogP contribution in [0.3, 0.4) is 0 Å². The Bertz CT molecular complexity index is 803. The molecule has 3 aromatic rings. The van der Waals surface area contributed by atoms with Crippen LogP contribution in [0.2, 0.25) is 0 Å². The van der Waals surface area contributed by atoms with Gasteiger partial charge in [-0.05, 0) is 43.3 Å². The molecule has 116 valence electrons. The van der Waals surface area contributed by atoms with Crippen LogP contribution in [0.4, 0.5) is 4.39 Å². The molecular formula is C16H12FN3O3. The summed E-state index contributed by atoms with van der Waals surface area (Å²) < 4.78 is 23.7. The van der Waals surface area contributed by atoms with Gasteiger partial charge in [0.15, 0.2) is 6.10 Å². The molecule has 23 heavy (non-hydrogen) atoms. The van der Waals surface area contributed by atoms with E-state index < -0.39 is 12.1 Å². The summed E-state index contributed by atoms with van der Waals surface area (Å²) in [7, 11) is 0. The number of carbonyl (C=O) groups excluding carboxylic acids is 1. The Morgan fingerprint density at radius 3 is 2.52 bits per heavy atom. The summed E-state index contributed by atoms with van der Waals surface area (Å²) in [5.74, 6) is -0.479. The first-order valence-corrected chi connectivity index (χ1v) is 6.84. The van der Waals surface area contributed by atoms with E-state index in [1.54, 1.807) is 19.1 Å². The highest BCUT2D eigenvalue weighted by Crippen LogP contribution is 2.23. The molecule has 2 heterocycles. The summed E-state index contributed by atoms with van der Waals surface area (Å²) in [4.78, 5) is 15.8. The third-order valence-electron chi connectivity index (χ3n) is 3.08. The van der Waals surface area contributed by atoms with Crippen LogP contribution < -0.4 is 0 Å². The molecule has 0 aliphatic rings. The maximum Gasteiger partial charge on any atom is 0.339 e. The molecule has 3 rings (SSSR count). The molecule has 0 amide bonds. The van der Waals surface area contributed by atoms with Gasteiger partial charge in [-0.1, -0.05) is 0 Å². The van der Waals surface area contributed by atoms with Crippen LogP contribution in [0.5, 0.6) is 0 Å². The van der Waals surface area contributed by atoms with Crippen LogP contribution in [-0.2, 0) is 4.74 Å². The average Bonchev–Trinajstić information content (AvgIpc) is 3.06. The molecule has 0 saturated heterocycles. The fourth-order valence-corrected chi connectivity index (χ4v) is 1.87. The Morgan fingerprint density at radius 1 is 1.13 bits per heavy atom. The second-order valence-corrected chi connectivity index (χ2v) is 4.74. The molecule has 6 nitrogen and oxygen atoms in total. The molecule has 0 N–H and O–H groups in total. The van der Waals surface area contributed by atoms with E-state index in [0.29, 0.717) is 11.1 Å². The van der Waals surface area contributed by atoms with Crippen molar-refractivity contribution in [2.45, 2.75) is 13.0 Å². The van der Waals surface area contributed by atoms with Crippen molar-refractivity contribution in [3.8, 4) is 11.5 Å². The van der Waals surface area contributed by atoms with E-state index in [2.05, 4.69) is 15.2 Å². The van der Waals surface area contributed by atoms with Crippen molar-refractivity contribution in [3.05, 3.63) is 66.1 Å². The number of rotatable bonds is 4. The summed E-state index contributed by atoms with van der Waals surface area (Å²) >= 11 is 0. The van der Waals surface area contributed by atoms with Gasteiger partial charge >= 0.3 is 5.97 Å². The monoisotopic (exact) mass is 313 g/mol. The largest absolute Gasteiger partial charge is 0.449 e. The molecular weight excluding hydrogens is 301 g/mol. The average molecular weight is 313 g/mol. The van der Waals surface area contributed by atoms with Crippen molar-refractivity contribution in [1.82, 2.24) is 15.2 Å². The van der Waals surface area contributed by atoms with Crippen LogP contribution in [0.25, 0.3) is 11.5 Å². The lowest BCUT2D eigenvalue weighted by Gasteiger charge is -2.08. The SMILES string of the molecule is C[C@H](OC(=O)c1ccncc1)c1nnc(-c2ccc(F)cc2)o1. The predicted molar refractivity (Wildman–Crippen MR) is 77.8 cm³/mol. The van der Waals surface area contributed by atoms with E-state index in [1.807, 2.05) is 0 Å².